The van der Waals surface area contributed by atoms with E-state index in [9.17, 15) is 14.0 Å². The minimum absolute atomic E-state index is 0.0713. The summed E-state index contributed by atoms with van der Waals surface area (Å²) in [5, 5.41) is 0. The molecule has 2 aromatic carbocycles. The van der Waals surface area contributed by atoms with Crippen LogP contribution >= 0.6 is 0 Å². The normalized spacial score (nSPS) is 20.5. The van der Waals surface area contributed by atoms with E-state index < -0.39 is 17.7 Å². The highest BCUT2D eigenvalue weighted by Crippen LogP contribution is 2.39. The number of ether oxygens (including phenoxy) is 4. The van der Waals surface area contributed by atoms with Crippen LogP contribution < -0.4 is 4.74 Å². The van der Waals surface area contributed by atoms with E-state index in [1.165, 1.54) is 13.2 Å². The molecule has 1 amide bonds. The van der Waals surface area contributed by atoms with Gasteiger partial charge in [-0.25, -0.2) is 14.0 Å². The molecule has 0 N–H and O–H groups in total. The van der Waals surface area contributed by atoms with Gasteiger partial charge in [0, 0.05) is 44.4 Å². The number of esters is 1. The molecule has 224 valence electrons. The Labute approximate surface area is 242 Å². The molecule has 0 radical (unpaired) electrons. The average molecular weight is 571 g/mol. The van der Waals surface area contributed by atoms with Crippen LogP contribution in [0.3, 0.4) is 0 Å². The molecule has 4 rings (SSSR count). The summed E-state index contributed by atoms with van der Waals surface area (Å²) in [4.78, 5) is 29.2. The van der Waals surface area contributed by atoms with Crippen LogP contribution in [0.5, 0.6) is 5.75 Å². The maximum atomic E-state index is 14.8. The second-order valence-electron chi connectivity index (χ2n) is 12.1. The fourth-order valence-corrected chi connectivity index (χ4v) is 5.40. The highest BCUT2D eigenvalue weighted by atomic mass is 19.1. The number of carbonyl (C=O) groups excluding carboxylic acids is 2. The monoisotopic (exact) mass is 570 g/mol. The number of aryl methyl sites for hydroxylation is 2. The third-order valence-corrected chi connectivity index (χ3v) is 7.64. The second-order valence-corrected chi connectivity index (χ2v) is 12.1. The van der Waals surface area contributed by atoms with Crippen molar-refractivity contribution in [2.45, 2.75) is 78.2 Å². The molecule has 0 bridgehead atoms. The van der Waals surface area contributed by atoms with Gasteiger partial charge in [0.1, 0.15) is 23.3 Å². The molecule has 41 heavy (non-hydrogen) atoms. The molecule has 0 saturated carbocycles. The molecule has 2 saturated heterocycles. The molecule has 0 aromatic heterocycles. The fraction of sp³-hybridized carbons (Fsp3) is 0.562. The lowest BCUT2D eigenvalue weighted by atomic mass is 9.98. The van der Waals surface area contributed by atoms with Crippen molar-refractivity contribution in [2.75, 3.05) is 39.9 Å². The molecule has 1 unspecified atom stereocenters. The van der Waals surface area contributed by atoms with Crippen molar-refractivity contribution in [1.82, 2.24) is 9.80 Å². The van der Waals surface area contributed by atoms with E-state index in [0.717, 1.165) is 24.0 Å². The standard InChI is InChI=1S/C32H43FN2O6/c1-20-10-11-23(16-26(20)33)29(19-34-12-13-35(22(3)18-34)31(37)41-32(4,5)6)40-28-15-21(2)24(30(36)38-7)17-25(28)27-9-8-14-39-27/h10-11,15-17,22,27,29H,8-9,12-14,18-19H2,1-7H3/t22-,27?,29-/m1/s1. The van der Waals surface area contributed by atoms with Crippen LogP contribution in [0.2, 0.25) is 0 Å². The van der Waals surface area contributed by atoms with Crippen LogP contribution in [0, 0.1) is 19.7 Å². The molecular weight excluding hydrogens is 527 g/mol. The second kappa shape index (κ2) is 12.8. The summed E-state index contributed by atoms with van der Waals surface area (Å²) in [5.41, 5.74) is 2.69. The van der Waals surface area contributed by atoms with Gasteiger partial charge < -0.3 is 23.8 Å². The number of methoxy groups -OCH3 is 1. The minimum Gasteiger partial charge on any atom is -0.484 e. The summed E-state index contributed by atoms with van der Waals surface area (Å²) < 4.78 is 38.1. The highest BCUT2D eigenvalue weighted by molar-refractivity contribution is 5.91. The Balaban J connectivity index is 1.62. The first kappa shape index (κ1) is 30.8. The van der Waals surface area contributed by atoms with Crippen molar-refractivity contribution >= 4 is 12.1 Å². The van der Waals surface area contributed by atoms with Crippen molar-refractivity contribution < 1.29 is 32.9 Å². The minimum atomic E-state index is -0.565. The maximum Gasteiger partial charge on any atom is 0.410 e. The van der Waals surface area contributed by atoms with Crippen LogP contribution in [0.15, 0.2) is 30.3 Å². The van der Waals surface area contributed by atoms with Crippen LogP contribution in [0.1, 0.15) is 85.4 Å². The van der Waals surface area contributed by atoms with Crippen LogP contribution in [0.4, 0.5) is 9.18 Å². The summed E-state index contributed by atoms with van der Waals surface area (Å²) in [6, 6.07) is 8.77. The Hall–Kier alpha value is -3.17. The molecular formula is C32H43FN2O6. The van der Waals surface area contributed by atoms with Gasteiger partial charge in [-0.3, -0.25) is 4.90 Å². The Morgan fingerprint density at radius 1 is 1.12 bits per heavy atom. The summed E-state index contributed by atoms with van der Waals surface area (Å²) >= 11 is 0. The number of amides is 1. The number of piperazine rings is 1. The molecule has 2 aliphatic heterocycles. The summed E-state index contributed by atoms with van der Waals surface area (Å²) in [6.07, 6.45) is 0.697. The molecule has 0 spiro atoms. The third kappa shape index (κ3) is 7.57. The van der Waals surface area contributed by atoms with Gasteiger partial charge >= 0.3 is 12.1 Å². The molecule has 3 atom stereocenters. The van der Waals surface area contributed by atoms with Gasteiger partial charge in [0.2, 0.25) is 0 Å². The van der Waals surface area contributed by atoms with Crippen LogP contribution in [0.25, 0.3) is 0 Å². The lowest BCUT2D eigenvalue weighted by Gasteiger charge is -2.41. The SMILES string of the molecule is COC(=O)c1cc(C2CCCO2)c(O[C@H](CN2CCN(C(=O)OC(C)(C)C)[C@H](C)C2)c2ccc(C)c(F)c2)cc1C. The Kier molecular flexibility index (Phi) is 9.59. The van der Waals surface area contributed by atoms with E-state index >= 15 is 0 Å². The smallest absolute Gasteiger partial charge is 0.410 e. The number of hydrogen-bond donors (Lipinski definition) is 0. The summed E-state index contributed by atoms with van der Waals surface area (Å²) in [6.45, 7) is 14.0. The first-order chi connectivity index (χ1) is 19.4. The maximum absolute atomic E-state index is 14.8. The lowest BCUT2D eigenvalue weighted by molar-refractivity contribution is -0.00313. The van der Waals surface area contributed by atoms with Crippen LogP contribution in [-0.2, 0) is 14.2 Å². The third-order valence-electron chi connectivity index (χ3n) is 7.64. The van der Waals surface area contributed by atoms with E-state index in [1.807, 2.05) is 46.8 Å². The number of carbonyl (C=O) groups is 2. The number of halogens is 1. The zero-order chi connectivity index (χ0) is 29.9. The van der Waals surface area contributed by atoms with Gasteiger partial charge in [-0.1, -0.05) is 12.1 Å². The molecule has 2 aliphatic rings. The van der Waals surface area contributed by atoms with E-state index in [-0.39, 0.29) is 24.1 Å². The van der Waals surface area contributed by atoms with Crippen molar-refractivity contribution in [1.29, 1.82) is 0 Å². The van der Waals surface area contributed by atoms with Crippen molar-refractivity contribution in [2.24, 2.45) is 0 Å². The summed E-state index contributed by atoms with van der Waals surface area (Å²) in [7, 11) is 1.36. The zero-order valence-corrected chi connectivity index (χ0v) is 25.3. The zero-order valence-electron chi connectivity index (χ0n) is 25.3. The quantitative estimate of drug-likeness (QED) is 0.370. The highest BCUT2D eigenvalue weighted by Gasteiger charge is 2.33. The average Bonchev–Trinajstić information content (AvgIpc) is 3.43. The van der Waals surface area contributed by atoms with Gasteiger partial charge in [0.25, 0.3) is 0 Å². The molecule has 2 heterocycles. The molecule has 2 aromatic rings. The predicted octanol–water partition coefficient (Wildman–Crippen LogP) is 6.14. The van der Waals surface area contributed by atoms with Gasteiger partial charge in [-0.05, 0) is 89.3 Å². The van der Waals surface area contributed by atoms with Crippen molar-refractivity contribution in [3.05, 3.63) is 64.0 Å². The molecule has 2 fully saturated rings. The van der Waals surface area contributed by atoms with E-state index in [4.69, 9.17) is 18.9 Å². The first-order valence-corrected chi connectivity index (χ1v) is 14.4. The topological polar surface area (TPSA) is 77.5 Å². The largest absolute Gasteiger partial charge is 0.484 e. The van der Waals surface area contributed by atoms with Crippen molar-refractivity contribution in [3.8, 4) is 5.75 Å². The lowest BCUT2D eigenvalue weighted by Crippen LogP contribution is -2.55. The van der Waals surface area contributed by atoms with E-state index in [1.54, 1.807) is 24.0 Å². The number of rotatable bonds is 7. The summed E-state index contributed by atoms with van der Waals surface area (Å²) in [5.74, 6) is -0.105. The Bertz CT molecular complexity index is 1250. The molecule has 8 nitrogen and oxygen atoms in total. The van der Waals surface area contributed by atoms with Gasteiger partial charge in [0.05, 0.1) is 18.8 Å². The first-order valence-electron chi connectivity index (χ1n) is 14.4. The molecule has 0 aliphatic carbocycles. The van der Waals surface area contributed by atoms with E-state index in [0.29, 0.717) is 55.2 Å². The number of nitrogens with zero attached hydrogens (tertiary/aromatic N) is 2. The van der Waals surface area contributed by atoms with Gasteiger partial charge in [-0.15, -0.1) is 0 Å². The van der Waals surface area contributed by atoms with Gasteiger partial charge in [-0.2, -0.15) is 0 Å². The van der Waals surface area contributed by atoms with E-state index in [2.05, 4.69) is 4.90 Å². The van der Waals surface area contributed by atoms with Crippen LogP contribution in [-0.4, -0.2) is 73.4 Å². The number of hydrogen-bond acceptors (Lipinski definition) is 7. The fourth-order valence-electron chi connectivity index (χ4n) is 5.40. The number of benzene rings is 2. The molecule has 9 heteroatoms. The van der Waals surface area contributed by atoms with Crippen molar-refractivity contribution in [3.63, 3.8) is 0 Å². The predicted molar refractivity (Wildman–Crippen MR) is 154 cm³/mol. The van der Waals surface area contributed by atoms with Gasteiger partial charge in [0.15, 0.2) is 0 Å². The Morgan fingerprint density at radius 3 is 2.49 bits per heavy atom. The Morgan fingerprint density at radius 2 is 1.88 bits per heavy atom.